The second kappa shape index (κ2) is 19.8. The van der Waals surface area contributed by atoms with E-state index in [1.807, 2.05) is 44.7 Å². The maximum Gasteiger partial charge on any atom is 0.395 e. The molecule has 0 rings (SSSR count). The largest absolute Gasteiger partial charge is 0.395 e. The summed E-state index contributed by atoms with van der Waals surface area (Å²) in [5.41, 5.74) is 0. The molecule has 0 aromatic heterocycles. The van der Waals surface area contributed by atoms with Gasteiger partial charge in [0.25, 0.3) is 0 Å². The van der Waals surface area contributed by atoms with Crippen molar-refractivity contribution in [3.05, 3.63) is 0 Å². The van der Waals surface area contributed by atoms with Crippen molar-refractivity contribution in [3.8, 4) is 0 Å². The van der Waals surface area contributed by atoms with Crippen LogP contribution in [-0.2, 0) is 0 Å². The Hall–Kier alpha value is 0.500. The first-order chi connectivity index (χ1) is 11.8. The average Bonchev–Trinajstić information content (AvgIpc) is 2.62. The van der Waals surface area contributed by atoms with Crippen molar-refractivity contribution >= 4 is 55.4 Å². The second-order valence-corrected chi connectivity index (χ2v) is 10.1. The fraction of sp³-hybridized carbons (Fsp3) is 0.875. The number of thioether (sulfide) groups is 2. The number of hydrogen-bond donors (Lipinski definition) is 3. The summed E-state index contributed by atoms with van der Waals surface area (Å²) in [5, 5.41) is 7.59. The van der Waals surface area contributed by atoms with Gasteiger partial charge in [0.2, 0.25) is 0 Å². The molecule has 0 amide bonds. The molecular weight excluding hydrogens is 376 g/mol. The smallest absolute Gasteiger partial charge is 0.368 e. The third kappa shape index (κ3) is 16.0. The first-order valence-corrected chi connectivity index (χ1v) is 13.2. The molecule has 0 saturated carbocycles. The number of nitrogens with two attached hydrogens (primary N) is 1. The fourth-order valence-electron chi connectivity index (χ4n) is 1.90. The normalized spacial score (nSPS) is 12.7. The summed E-state index contributed by atoms with van der Waals surface area (Å²) < 4.78 is 0. The first-order valence-electron chi connectivity index (χ1n) is 8.77. The van der Waals surface area contributed by atoms with Gasteiger partial charge in [-0.3, -0.25) is 10.3 Å². The summed E-state index contributed by atoms with van der Waals surface area (Å²) in [6.45, 7) is 0. The maximum absolute atomic E-state index is 4.17. The SMILES string of the molecule is CN=C(NC)SCCCCCSSCCCCCSC(=[NH+]C)[NH2+]C. The Morgan fingerprint density at radius 3 is 1.92 bits per heavy atom. The Morgan fingerprint density at radius 2 is 1.46 bits per heavy atom. The van der Waals surface area contributed by atoms with Gasteiger partial charge in [-0.25, -0.2) is 0 Å². The molecule has 0 aromatic carbocycles. The van der Waals surface area contributed by atoms with Gasteiger partial charge in [-0.2, -0.15) is 4.99 Å². The van der Waals surface area contributed by atoms with Crippen molar-refractivity contribution in [2.45, 2.75) is 38.5 Å². The third-order valence-corrected chi connectivity index (χ3v) is 8.22. The molecule has 4 nitrogen and oxygen atoms in total. The van der Waals surface area contributed by atoms with Crippen molar-refractivity contribution in [1.29, 1.82) is 0 Å². The second-order valence-electron chi connectivity index (χ2n) is 5.14. The van der Waals surface area contributed by atoms with Gasteiger partial charge in [-0.1, -0.05) is 46.2 Å². The van der Waals surface area contributed by atoms with Gasteiger partial charge in [-0.05, 0) is 25.7 Å². The van der Waals surface area contributed by atoms with Gasteiger partial charge in [0, 0.05) is 48.9 Å². The van der Waals surface area contributed by atoms with E-state index in [2.05, 4.69) is 49.3 Å². The van der Waals surface area contributed by atoms with E-state index in [-0.39, 0.29) is 0 Å². The van der Waals surface area contributed by atoms with Crippen LogP contribution in [0, 0.1) is 0 Å². The van der Waals surface area contributed by atoms with Crippen LogP contribution in [0.4, 0.5) is 0 Å². The van der Waals surface area contributed by atoms with Crippen LogP contribution >= 0.6 is 45.1 Å². The van der Waals surface area contributed by atoms with Crippen LogP contribution in [0.1, 0.15) is 38.5 Å². The number of quaternary nitrogens is 1. The molecule has 8 heteroatoms. The summed E-state index contributed by atoms with van der Waals surface area (Å²) in [7, 11) is 12.0. The molecule has 0 aliphatic carbocycles. The van der Waals surface area contributed by atoms with Crippen molar-refractivity contribution < 1.29 is 10.3 Å². The Bertz CT molecular complexity index is 306. The molecule has 24 heavy (non-hydrogen) atoms. The third-order valence-electron chi connectivity index (χ3n) is 3.25. The lowest BCUT2D eigenvalue weighted by Crippen LogP contribution is -2.95. The average molecular weight is 413 g/mol. The standard InChI is InChI=1S/C16H34N4S4/c1-17-15(18-2)21-11-7-5-9-13-23-24-14-10-6-8-12-22-16(19-3)20-4/h5-14H2,1-4H3,(H,17,18)(H,19,20)/p+2. The molecule has 0 aliphatic heterocycles. The summed E-state index contributed by atoms with van der Waals surface area (Å²) >= 11 is 3.76. The van der Waals surface area contributed by atoms with Gasteiger partial charge in [0.1, 0.15) is 7.05 Å². The highest BCUT2D eigenvalue weighted by atomic mass is 33.1. The van der Waals surface area contributed by atoms with Crippen molar-refractivity contribution in [1.82, 2.24) is 5.32 Å². The van der Waals surface area contributed by atoms with E-state index in [0.29, 0.717) is 0 Å². The van der Waals surface area contributed by atoms with Crippen LogP contribution < -0.4 is 15.6 Å². The van der Waals surface area contributed by atoms with E-state index in [0.717, 1.165) is 5.17 Å². The zero-order chi connectivity index (χ0) is 17.9. The van der Waals surface area contributed by atoms with E-state index in [1.54, 1.807) is 0 Å². The monoisotopic (exact) mass is 412 g/mol. The van der Waals surface area contributed by atoms with Gasteiger partial charge in [-0.15, -0.1) is 0 Å². The molecular formula is C16H36N4S4+2. The zero-order valence-corrected chi connectivity index (χ0v) is 19.0. The van der Waals surface area contributed by atoms with E-state index < -0.39 is 0 Å². The van der Waals surface area contributed by atoms with Crippen LogP contribution in [0.25, 0.3) is 0 Å². The van der Waals surface area contributed by atoms with Crippen LogP contribution in [0.5, 0.6) is 0 Å². The summed E-state index contributed by atoms with van der Waals surface area (Å²) in [4.78, 5) is 7.38. The van der Waals surface area contributed by atoms with Crippen molar-refractivity contribution in [2.24, 2.45) is 4.99 Å². The van der Waals surface area contributed by atoms with Gasteiger partial charge in [0.05, 0.1) is 7.05 Å². The topological polar surface area (TPSA) is 55.0 Å². The lowest BCUT2D eigenvalue weighted by molar-refractivity contribution is -0.575. The number of nitrogens with one attached hydrogen (secondary N) is 2. The molecule has 0 saturated heterocycles. The van der Waals surface area contributed by atoms with Crippen molar-refractivity contribution in [2.75, 3.05) is 51.2 Å². The number of rotatable bonds is 13. The highest BCUT2D eigenvalue weighted by molar-refractivity contribution is 8.76. The molecule has 142 valence electrons. The summed E-state index contributed by atoms with van der Waals surface area (Å²) in [6.07, 6.45) is 7.98. The minimum Gasteiger partial charge on any atom is -0.368 e. The molecule has 0 unspecified atom stereocenters. The number of nitrogens with zero attached hydrogens (tertiary/aromatic N) is 1. The predicted molar refractivity (Wildman–Crippen MR) is 120 cm³/mol. The van der Waals surface area contributed by atoms with Crippen molar-refractivity contribution in [3.63, 3.8) is 0 Å². The van der Waals surface area contributed by atoms with E-state index in [9.17, 15) is 0 Å². The molecule has 0 atom stereocenters. The van der Waals surface area contributed by atoms with Crippen LogP contribution in [0.15, 0.2) is 4.99 Å². The molecule has 0 radical (unpaired) electrons. The molecule has 0 bridgehead atoms. The Kier molecular flexibility index (Phi) is 20.2. The first kappa shape index (κ1) is 24.5. The quantitative estimate of drug-likeness (QED) is 0.186. The Balaban J connectivity index is 3.18. The van der Waals surface area contributed by atoms with Gasteiger partial charge in [0.15, 0.2) is 5.17 Å². The minimum atomic E-state index is 1.05. The number of aliphatic imine (C=N–C) groups is 1. The van der Waals surface area contributed by atoms with Crippen LogP contribution in [0.3, 0.4) is 0 Å². The molecule has 4 N–H and O–H groups in total. The molecule has 0 aliphatic rings. The summed E-state index contributed by atoms with van der Waals surface area (Å²) in [5.74, 6) is 4.99. The predicted octanol–water partition coefficient (Wildman–Crippen LogP) is 1.64. The Morgan fingerprint density at radius 1 is 0.917 bits per heavy atom. The minimum absolute atomic E-state index is 1.05. The highest BCUT2D eigenvalue weighted by Gasteiger charge is 2.05. The lowest BCUT2D eigenvalue weighted by Gasteiger charge is -2.04. The highest BCUT2D eigenvalue weighted by Crippen LogP contribution is 2.24. The van der Waals surface area contributed by atoms with Crippen LogP contribution in [-0.4, -0.2) is 61.5 Å². The van der Waals surface area contributed by atoms with E-state index in [4.69, 9.17) is 0 Å². The molecule has 0 aromatic rings. The van der Waals surface area contributed by atoms with Crippen LogP contribution in [0.2, 0.25) is 0 Å². The Labute approximate surface area is 165 Å². The molecule has 0 spiro atoms. The number of unbranched alkanes of at least 4 members (excludes halogenated alkanes) is 4. The number of amidine groups is 2. The number of hydrogen-bond acceptors (Lipinski definition) is 5. The van der Waals surface area contributed by atoms with E-state index >= 15 is 0 Å². The molecule has 0 fully saturated rings. The lowest BCUT2D eigenvalue weighted by atomic mass is 10.3. The van der Waals surface area contributed by atoms with Gasteiger partial charge >= 0.3 is 5.17 Å². The van der Waals surface area contributed by atoms with Gasteiger partial charge < -0.3 is 5.32 Å². The van der Waals surface area contributed by atoms with E-state index in [1.165, 1.54) is 66.7 Å². The molecule has 0 heterocycles. The summed E-state index contributed by atoms with van der Waals surface area (Å²) in [6, 6.07) is 0. The zero-order valence-electron chi connectivity index (χ0n) is 15.7. The fourth-order valence-corrected chi connectivity index (χ4v) is 5.89. The maximum atomic E-state index is 4.17.